The maximum absolute atomic E-state index is 11.8. The van der Waals surface area contributed by atoms with Gasteiger partial charge in [-0.05, 0) is 19.1 Å². The lowest BCUT2D eigenvalue weighted by Gasteiger charge is -2.13. The predicted octanol–water partition coefficient (Wildman–Crippen LogP) is 2.36. The minimum absolute atomic E-state index is 0.247. The van der Waals surface area contributed by atoms with E-state index in [2.05, 4.69) is 5.32 Å². The summed E-state index contributed by atoms with van der Waals surface area (Å²) in [4.78, 5) is 0. The third kappa shape index (κ3) is 4.32. The van der Waals surface area contributed by atoms with E-state index in [1.165, 1.54) is 6.26 Å². The third-order valence-electron chi connectivity index (χ3n) is 1.74. The van der Waals surface area contributed by atoms with Gasteiger partial charge in [0.1, 0.15) is 5.76 Å². The lowest BCUT2D eigenvalue weighted by Crippen LogP contribution is -2.36. The average Bonchev–Trinajstić information content (AvgIpc) is 2.52. The predicted molar refractivity (Wildman–Crippen MR) is 45.9 cm³/mol. The highest BCUT2D eigenvalue weighted by atomic mass is 19.4. The summed E-state index contributed by atoms with van der Waals surface area (Å²) in [7, 11) is 0. The minimum atomic E-state index is -4.16. The Morgan fingerprint density at radius 1 is 1.50 bits per heavy atom. The summed E-state index contributed by atoms with van der Waals surface area (Å²) in [5, 5.41) is 2.38. The molecule has 1 N–H and O–H groups in total. The van der Waals surface area contributed by atoms with Gasteiger partial charge in [0.15, 0.2) is 0 Å². The number of hydrogen-bond donors (Lipinski definition) is 1. The first-order valence-electron chi connectivity index (χ1n) is 4.30. The molecule has 0 aliphatic heterocycles. The molecular formula is C9H12F3NO. The molecule has 0 aliphatic rings. The Morgan fingerprint density at radius 3 is 2.71 bits per heavy atom. The highest BCUT2D eigenvalue weighted by molar-refractivity contribution is 4.99. The van der Waals surface area contributed by atoms with Gasteiger partial charge in [-0.1, -0.05) is 0 Å². The largest absolute Gasteiger partial charge is 0.469 e. The van der Waals surface area contributed by atoms with Crippen molar-refractivity contribution in [2.24, 2.45) is 0 Å². The molecule has 0 fully saturated rings. The van der Waals surface area contributed by atoms with Gasteiger partial charge in [-0.25, -0.2) is 0 Å². The van der Waals surface area contributed by atoms with Crippen LogP contribution < -0.4 is 5.32 Å². The van der Waals surface area contributed by atoms with Crippen molar-refractivity contribution in [1.29, 1.82) is 0 Å². The first-order chi connectivity index (χ1) is 6.47. The van der Waals surface area contributed by atoms with Crippen molar-refractivity contribution in [2.75, 3.05) is 6.54 Å². The molecule has 1 unspecified atom stereocenters. The van der Waals surface area contributed by atoms with Crippen LogP contribution in [0.5, 0.6) is 0 Å². The molecule has 0 radical (unpaired) electrons. The molecule has 1 rings (SSSR count). The van der Waals surface area contributed by atoms with Crippen molar-refractivity contribution in [2.45, 2.75) is 25.6 Å². The van der Waals surface area contributed by atoms with E-state index in [4.69, 9.17) is 4.42 Å². The summed E-state index contributed by atoms with van der Waals surface area (Å²) >= 11 is 0. The van der Waals surface area contributed by atoms with Gasteiger partial charge in [0, 0.05) is 12.5 Å². The van der Waals surface area contributed by atoms with Crippen LogP contribution in [0, 0.1) is 0 Å². The van der Waals surface area contributed by atoms with Crippen LogP contribution in [0.3, 0.4) is 0 Å². The molecule has 1 aromatic rings. The molecule has 0 saturated carbocycles. The Kier molecular flexibility index (Phi) is 3.57. The van der Waals surface area contributed by atoms with Gasteiger partial charge in [0.2, 0.25) is 0 Å². The molecule has 5 heteroatoms. The van der Waals surface area contributed by atoms with Gasteiger partial charge < -0.3 is 9.73 Å². The Labute approximate surface area is 80.1 Å². The Morgan fingerprint density at radius 2 is 2.21 bits per heavy atom. The minimum Gasteiger partial charge on any atom is -0.469 e. The lowest BCUT2D eigenvalue weighted by molar-refractivity contribution is -0.126. The van der Waals surface area contributed by atoms with Crippen molar-refractivity contribution in [3.63, 3.8) is 0 Å². The molecule has 80 valence electrons. The number of alkyl halides is 3. The molecule has 0 spiro atoms. The number of furan rings is 1. The van der Waals surface area contributed by atoms with Crippen molar-refractivity contribution in [1.82, 2.24) is 5.32 Å². The van der Waals surface area contributed by atoms with Crippen LogP contribution in [-0.4, -0.2) is 18.8 Å². The molecule has 1 aromatic heterocycles. The van der Waals surface area contributed by atoms with Crippen LogP contribution in [0.15, 0.2) is 22.8 Å². The second-order valence-electron chi connectivity index (χ2n) is 3.18. The van der Waals surface area contributed by atoms with E-state index in [-0.39, 0.29) is 6.04 Å². The van der Waals surface area contributed by atoms with Crippen LogP contribution in [0.1, 0.15) is 12.7 Å². The average molecular weight is 207 g/mol. The standard InChI is InChI=1S/C9H12F3NO/c1-7(13-6-9(10,11)12)5-8-3-2-4-14-8/h2-4,7,13H,5-6H2,1H3. The van der Waals surface area contributed by atoms with Gasteiger partial charge in [-0.3, -0.25) is 0 Å². The number of hydrogen-bond acceptors (Lipinski definition) is 2. The van der Waals surface area contributed by atoms with Crippen LogP contribution in [0.25, 0.3) is 0 Å². The summed E-state index contributed by atoms with van der Waals surface area (Å²) < 4.78 is 40.4. The van der Waals surface area contributed by atoms with E-state index in [0.717, 1.165) is 0 Å². The molecule has 0 aromatic carbocycles. The van der Waals surface area contributed by atoms with Gasteiger partial charge in [-0.2, -0.15) is 13.2 Å². The topological polar surface area (TPSA) is 25.2 Å². The molecule has 1 atom stereocenters. The van der Waals surface area contributed by atoms with E-state index in [9.17, 15) is 13.2 Å². The summed E-state index contributed by atoms with van der Waals surface area (Å²) in [5.41, 5.74) is 0. The number of nitrogens with one attached hydrogen (secondary N) is 1. The van der Waals surface area contributed by atoms with Crippen LogP contribution in [0.4, 0.5) is 13.2 Å². The van der Waals surface area contributed by atoms with Crippen LogP contribution >= 0.6 is 0 Å². The molecule has 14 heavy (non-hydrogen) atoms. The van der Waals surface area contributed by atoms with E-state index in [1.807, 2.05) is 0 Å². The van der Waals surface area contributed by atoms with E-state index >= 15 is 0 Å². The molecule has 0 aliphatic carbocycles. The Bertz CT molecular complexity index is 256. The summed E-state index contributed by atoms with van der Waals surface area (Å²) in [6.07, 6.45) is -2.19. The first-order valence-corrected chi connectivity index (χ1v) is 4.30. The van der Waals surface area contributed by atoms with Gasteiger partial charge >= 0.3 is 6.18 Å². The highest BCUT2D eigenvalue weighted by Crippen LogP contribution is 2.13. The third-order valence-corrected chi connectivity index (χ3v) is 1.74. The zero-order chi connectivity index (χ0) is 10.6. The number of rotatable bonds is 4. The molecule has 1 heterocycles. The first kappa shape index (κ1) is 11.1. The van der Waals surface area contributed by atoms with Crippen molar-refractivity contribution in [3.8, 4) is 0 Å². The fourth-order valence-corrected chi connectivity index (χ4v) is 1.09. The second kappa shape index (κ2) is 4.50. The smallest absolute Gasteiger partial charge is 0.401 e. The van der Waals surface area contributed by atoms with E-state index in [1.54, 1.807) is 19.1 Å². The van der Waals surface area contributed by atoms with Crippen LogP contribution in [0.2, 0.25) is 0 Å². The maximum Gasteiger partial charge on any atom is 0.401 e. The normalized spacial score (nSPS) is 14.3. The van der Waals surface area contributed by atoms with Crippen molar-refractivity contribution < 1.29 is 17.6 Å². The van der Waals surface area contributed by atoms with Crippen LogP contribution in [-0.2, 0) is 6.42 Å². The molecular weight excluding hydrogens is 195 g/mol. The molecule has 2 nitrogen and oxygen atoms in total. The van der Waals surface area contributed by atoms with E-state index < -0.39 is 12.7 Å². The molecule has 0 saturated heterocycles. The van der Waals surface area contributed by atoms with Crippen molar-refractivity contribution >= 4 is 0 Å². The summed E-state index contributed by atoms with van der Waals surface area (Å²) in [6, 6.07) is 3.21. The number of halogens is 3. The Balaban J connectivity index is 2.26. The molecule has 0 bridgehead atoms. The monoisotopic (exact) mass is 207 g/mol. The molecule has 0 amide bonds. The van der Waals surface area contributed by atoms with Crippen molar-refractivity contribution in [3.05, 3.63) is 24.2 Å². The SMILES string of the molecule is CC(Cc1ccco1)NCC(F)(F)F. The van der Waals surface area contributed by atoms with Gasteiger partial charge in [-0.15, -0.1) is 0 Å². The highest BCUT2D eigenvalue weighted by Gasteiger charge is 2.27. The fraction of sp³-hybridized carbons (Fsp3) is 0.556. The summed E-state index contributed by atoms with van der Waals surface area (Å²) in [6.45, 7) is 0.725. The summed E-state index contributed by atoms with van der Waals surface area (Å²) in [5.74, 6) is 0.687. The maximum atomic E-state index is 11.8. The Hall–Kier alpha value is -0.970. The zero-order valence-electron chi connectivity index (χ0n) is 7.77. The lowest BCUT2D eigenvalue weighted by atomic mass is 10.2. The fourth-order valence-electron chi connectivity index (χ4n) is 1.09. The zero-order valence-corrected chi connectivity index (χ0v) is 7.77. The van der Waals surface area contributed by atoms with Gasteiger partial charge in [0.25, 0.3) is 0 Å². The second-order valence-corrected chi connectivity index (χ2v) is 3.18. The van der Waals surface area contributed by atoms with Gasteiger partial charge in [0.05, 0.1) is 12.8 Å². The van der Waals surface area contributed by atoms with E-state index in [0.29, 0.717) is 12.2 Å². The quantitative estimate of drug-likeness (QED) is 0.819.